The average molecular weight is 335 g/mol. The fourth-order valence-electron chi connectivity index (χ4n) is 3.61. The van der Waals surface area contributed by atoms with Gasteiger partial charge in [0.15, 0.2) is 0 Å². The van der Waals surface area contributed by atoms with Crippen molar-refractivity contribution in [3.8, 4) is 0 Å². The first-order chi connectivity index (χ1) is 11.7. The molecule has 1 N–H and O–H groups in total. The molecule has 2 aliphatic rings. The van der Waals surface area contributed by atoms with Crippen molar-refractivity contribution in [2.24, 2.45) is 0 Å². The van der Waals surface area contributed by atoms with Crippen molar-refractivity contribution in [3.63, 3.8) is 0 Å². The summed E-state index contributed by atoms with van der Waals surface area (Å²) in [5.74, 6) is -0.229. The highest BCUT2D eigenvalue weighted by Crippen LogP contribution is 2.26. The van der Waals surface area contributed by atoms with Crippen molar-refractivity contribution in [3.05, 3.63) is 35.6 Å². The SMILES string of the molecule is CN[C@@H]1CCCN(C(=O)[C@H](c2cccc(F)c2)N2CCOCC2)C1. The van der Waals surface area contributed by atoms with Crippen LogP contribution in [0.1, 0.15) is 24.4 Å². The number of amides is 1. The highest BCUT2D eigenvalue weighted by atomic mass is 19.1. The second kappa shape index (κ2) is 8.05. The van der Waals surface area contributed by atoms with E-state index in [1.165, 1.54) is 12.1 Å². The molecule has 0 radical (unpaired) electrons. The lowest BCUT2D eigenvalue weighted by atomic mass is 10.00. The zero-order valence-corrected chi connectivity index (χ0v) is 14.2. The maximum Gasteiger partial charge on any atom is 0.244 e. The molecule has 0 aliphatic carbocycles. The zero-order valence-electron chi connectivity index (χ0n) is 14.2. The predicted octanol–water partition coefficient (Wildman–Crippen LogP) is 1.41. The van der Waals surface area contributed by atoms with E-state index in [4.69, 9.17) is 4.74 Å². The fraction of sp³-hybridized carbons (Fsp3) is 0.611. The van der Waals surface area contributed by atoms with Crippen LogP contribution in [0.5, 0.6) is 0 Å². The van der Waals surface area contributed by atoms with E-state index < -0.39 is 6.04 Å². The number of nitrogens with one attached hydrogen (secondary N) is 1. The Balaban J connectivity index is 1.84. The van der Waals surface area contributed by atoms with E-state index in [-0.39, 0.29) is 11.7 Å². The van der Waals surface area contributed by atoms with E-state index in [0.29, 0.717) is 38.9 Å². The van der Waals surface area contributed by atoms with Crippen LogP contribution in [0.4, 0.5) is 4.39 Å². The molecule has 2 saturated heterocycles. The molecule has 0 spiro atoms. The van der Waals surface area contributed by atoms with Gasteiger partial charge in [0, 0.05) is 32.2 Å². The number of nitrogens with zero attached hydrogens (tertiary/aromatic N) is 2. The van der Waals surface area contributed by atoms with Crippen LogP contribution in [0.25, 0.3) is 0 Å². The largest absolute Gasteiger partial charge is 0.379 e. The van der Waals surface area contributed by atoms with Crippen LogP contribution < -0.4 is 5.32 Å². The minimum Gasteiger partial charge on any atom is -0.379 e. The van der Waals surface area contributed by atoms with Gasteiger partial charge in [0.1, 0.15) is 11.9 Å². The van der Waals surface area contributed by atoms with E-state index in [1.54, 1.807) is 6.07 Å². The number of halogens is 1. The van der Waals surface area contributed by atoms with Crippen molar-refractivity contribution in [2.45, 2.75) is 24.9 Å². The summed E-state index contributed by atoms with van der Waals surface area (Å²) in [6, 6.07) is 6.33. The smallest absolute Gasteiger partial charge is 0.244 e. The van der Waals surface area contributed by atoms with Gasteiger partial charge < -0.3 is 15.0 Å². The lowest BCUT2D eigenvalue weighted by Crippen LogP contribution is -2.52. The average Bonchev–Trinajstić information content (AvgIpc) is 2.63. The molecule has 6 heteroatoms. The van der Waals surface area contributed by atoms with Crippen LogP contribution in [-0.2, 0) is 9.53 Å². The minimum atomic E-state index is -0.430. The summed E-state index contributed by atoms with van der Waals surface area (Å²) < 4.78 is 19.2. The van der Waals surface area contributed by atoms with Crippen LogP contribution in [0.15, 0.2) is 24.3 Å². The number of carbonyl (C=O) groups is 1. The van der Waals surface area contributed by atoms with Gasteiger partial charge >= 0.3 is 0 Å². The van der Waals surface area contributed by atoms with E-state index in [2.05, 4.69) is 10.2 Å². The Morgan fingerprint density at radius 1 is 1.33 bits per heavy atom. The van der Waals surface area contributed by atoms with Crippen molar-refractivity contribution in [2.75, 3.05) is 46.4 Å². The lowest BCUT2D eigenvalue weighted by molar-refractivity contribution is -0.140. The van der Waals surface area contributed by atoms with Gasteiger partial charge in [0.2, 0.25) is 5.91 Å². The van der Waals surface area contributed by atoms with Crippen LogP contribution in [-0.4, -0.2) is 68.2 Å². The van der Waals surface area contributed by atoms with Crippen molar-refractivity contribution in [1.29, 1.82) is 0 Å². The summed E-state index contributed by atoms with van der Waals surface area (Å²) in [5.41, 5.74) is 0.730. The van der Waals surface area contributed by atoms with Gasteiger partial charge in [0.05, 0.1) is 13.2 Å². The summed E-state index contributed by atoms with van der Waals surface area (Å²) >= 11 is 0. The number of ether oxygens (including phenoxy) is 1. The van der Waals surface area contributed by atoms with Crippen LogP contribution in [0.3, 0.4) is 0 Å². The molecule has 2 heterocycles. The molecule has 1 amide bonds. The molecule has 0 unspecified atom stereocenters. The highest BCUT2D eigenvalue weighted by Gasteiger charge is 2.34. The van der Waals surface area contributed by atoms with Crippen molar-refractivity contribution in [1.82, 2.24) is 15.1 Å². The minimum absolute atomic E-state index is 0.0717. The third-order valence-electron chi connectivity index (χ3n) is 4.95. The molecular weight excluding hydrogens is 309 g/mol. The first-order valence-electron chi connectivity index (χ1n) is 8.72. The number of hydrogen-bond donors (Lipinski definition) is 1. The standard InChI is InChI=1S/C18H26FN3O2/c1-20-16-6-3-7-22(13-16)18(23)17(21-8-10-24-11-9-21)14-4-2-5-15(19)12-14/h2,4-5,12,16-17,20H,3,6-11,13H2,1H3/t16-,17+/m1/s1. The van der Waals surface area contributed by atoms with E-state index >= 15 is 0 Å². The molecule has 5 nitrogen and oxygen atoms in total. The highest BCUT2D eigenvalue weighted by molar-refractivity contribution is 5.83. The number of carbonyl (C=O) groups excluding carboxylic acids is 1. The predicted molar refractivity (Wildman–Crippen MR) is 90.2 cm³/mol. The molecule has 0 saturated carbocycles. The van der Waals surface area contributed by atoms with Crippen LogP contribution in [0.2, 0.25) is 0 Å². The summed E-state index contributed by atoms with van der Waals surface area (Å²) in [7, 11) is 1.94. The molecule has 0 bridgehead atoms. The maximum absolute atomic E-state index is 13.7. The summed E-state index contributed by atoms with van der Waals surface area (Å²) in [4.78, 5) is 17.3. The van der Waals surface area contributed by atoms with Gasteiger partial charge in [-0.05, 0) is 37.6 Å². The number of morpholine rings is 1. The number of likely N-dealkylation sites (tertiary alicyclic amines) is 1. The maximum atomic E-state index is 13.7. The van der Waals surface area contributed by atoms with Crippen molar-refractivity contribution < 1.29 is 13.9 Å². The molecule has 132 valence electrons. The Labute approximate surface area is 142 Å². The van der Waals surface area contributed by atoms with Crippen LogP contribution >= 0.6 is 0 Å². The number of benzene rings is 1. The third-order valence-corrected chi connectivity index (χ3v) is 4.95. The summed E-state index contributed by atoms with van der Waals surface area (Å²) in [6.45, 7) is 4.08. The van der Waals surface area contributed by atoms with Gasteiger partial charge in [0.25, 0.3) is 0 Å². The molecule has 24 heavy (non-hydrogen) atoms. The Morgan fingerprint density at radius 2 is 2.12 bits per heavy atom. The molecule has 1 aromatic carbocycles. The van der Waals surface area contributed by atoms with E-state index in [1.807, 2.05) is 18.0 Å². The molecule has 2 aliphatic heterocycles. The van der Waals surface area contributed by atoms with E-state index in [0.717, 1.165) is 24.9 Å². The lowest BCUT2D eigenvalue weighted by Gasteiger charge is -2.39. The fourth-order valence-corrected chi connectivity index (χ4v) is 3.61. The van der Waals surface area contributed by atoms with E-state index in [9.17, 15) is 9.18 Å². The molecule has 0 aromatic heterocycles. The molecule has 3 rings (SSSR count). The Morgan fingerprint density at radius 3 is 2.83 bits per heavy atom. The molecular formula is C18H26FN3O2. The Bertz CT molecular complexity index is 563. The topological polar surface area (TPSA) is 44.8 Å². The summed E-state index contributed by atoms with van der Waals surface area (Å²) in [5, 5.41) is 3.27. The molecule has 2 fully saturated rings. The number of rotatable bonds is 4. The zero-order chi connectivity index (χ0) is 16.9. The number of piperidine rings is 1. The molecule has 1 aromatic rings. The quantitative estimate of drug-likeness (QED) is 0.904. The summed E-state index contributed by atoms with van der Waals surface area (Å²) in [6.07, 6.45) is 2.08. The van der Waals surface area contributed by atoms with Gasteiger partial charge in [-0.1, -0.05) is 12.1 Å². The first kappa shape index (κ1) is 17.3. The van der Waals surface area contributed by atoms with Gasteiger partial charge in [-0.3, -0.25) is 9.69 Å². The third kappa shape index (κ3) is 3.94. The van der Waals surface area contributed by atoms with Crippen LogP contribution in [0, 0.1) is 5.82 Å². The van der Waals surface area contributed by atoms with Gasteiger partial charge in [-0.15, -0.1) is 0 Å². The second-order valence-corrected chi connectivity index (χ2v) is 6.52. The monoisotopic (exact) mass is 335 g/mol. The van der Waals surface area contributed by atoms with Gasteiger partial charge in [-0.2, -0.15) is 0 Å². The van der Waals surface area contributed by atoms with Gasteiger partial charge in [-0.25, -0.2) is 4.39 Å². The Hall–Kier alpha value is -1.50. The second-order valence-electron chi connectivity index (χ2n) is 6.52. The normalized spacial score (nSPS) is 23.9. The molecule has 2 atom stereocenters. The number of hydrogen-bond acceptors (Lipinski definition) is 4. The van der Waals surface area contributed by atoms with Crippen molar-refractivity contribution >= 4 is 5.91 Å². The number of likely N-dealkylation sites (N-methyl/N-ethyl adjacent to an activating group) is 1. The Kier molecular flexibility index (Phi) is 5.81. The first-order valence-corrected chi connectivity index (χ1v) is 8.72.